The van der Waals surface area contributed by atoms with Crippen LogP contribution in [0.1, 0.15) is 23.6 Å². The average Bonchev–Trinajstić information content (AvgIpc) is 3.04. The molecule has 3 aromatic rings. The molecule has 0 aliphatic heterocycles. The van der Waals surface area contributed by atoms with Gasteiger partial charge in [0.2, 0.25) is 0 Å². The van der Waals surface area contributed by atoms with Crippen LogP contribution in [0.3, 0.4) is 0 Å². The Morgan fingerprint density at radius 2 is 1.55 bits per heavy atom. The predicted octanol–water partition coefficient (Wildman–Crippen LogP) is 3.78. The van der Waals surface area contributed by atoms with Gasteiger partial charge < -0.3 is 20.3 Å². The Morgan fingerprint density at radius 1 is 0.966 bits per heavy atom. The van der Waals surface area contributed by atoms with Crippen molar-refractivity contribution in [1.29, 1.82) is 0 Å². The number of benzene rings is 3. The first-order valence-electron chi connectivity index (χ1n) is 9.49. The fraction of sp³-hybridized carbons (Fsp3) is 0.208. The third kappa shape index (κ3) is 2.99. The van der Waals surface area contributed by atoms with E-state index in [1.165, 1.54) is 0 Å². The van der Waals surface area contributed by atoms with Crippen molar-refractivity contribution >= 4 is 5.97 Å². The van der Waals surface area contributed by atoms with E-state index < -0.39 is 23.7 Å². The molecule has 5 nitrogen and oxygen atoms in total. The Balaban J connectivity index is 2.00. The highest BCUT2D eigenvalue weighted by Gasteiger charge is 2.47. The summed E-state index contributed by atoms with van der Waals surface area (Å²) in [6.07, 6.45) is -0.738. The molecule has 0 radical (unpaired) electrons. The minimum absolute atomic E-state index is 0.697. The minimum Gasteiger partial charge on any atom is -0.497 e. The lowest BCUT2D eigenvalue weighted by Crippen LogP contribution is -2.46. The second-order valence-electron chi connectivity index (χ2n) is 7.19. The van der Waals surface area contributed by atoms with Gasteiger partial charge in [0, 0.05) is 11.1 Å². The number of carboxylic acid groups (broad SMARTS) is 1. The first-order valence-corrected chi connectivity index (χ1v) is 9.49. The second-order valence-corrected chi connectivity index (χ2v) is 7.19. The molecule has 0 amide bonds. The number of ether oxygens (including phenoxy) is 2. The van der Waals surface area contributed by atoms with Gasteiger partial charge in [-0.15, -0.1) is 0 Å². The molecule has 0 heterocycles. The van der Waals surface area contributed by atoms with E-state index in [1.807, 2.05) is 60.7 Å². The number of nitrogens with two attached hydrogens (primary N) is 1. The smallest absolute Gasteiger partial charge is 0.323 e. The van der Waals surface area contributed by atoms with Crippen LogP contribution in [-0.4, -0.2) is 30.3 Å². The van der Waals surface area contributed by atoms with E-state index in [1.54, 1.807) is 14.0 Å². The number of carboxylic acids is 1. The topological polar surface area (TPSA) is 81.8 Å². The van der Waals surface area contributed by atoms with E-state index in [2.05, 4.69) is 12.1 Å². The zero-order chi connectivity index (χ0) is 20.6. The molecular weight excluding hydrogens is 366 g/mol. The van der Waals surface area contributed by atoms with Crippen LogP contribution in [0.25, 0.3) is 11.1 Å². The highest BCUT2D eigenvalue weighted by molar-refractivity contribution is 5.82. The lowest BCUT2D eigenvalue weighted by Gasteiger charge is -2.36. The normalized spacial score (nSPS) is 15.8. The van der Waals surface area contributed by atoms with Crippen molar-refractivity contribution in [1.82, 2.24) is 0 Å². The van der Waals surface area contributed by atoms with Gasteiger partial charge in [-0.3, -0.25) is 4.79 Å². The molecule has 29 heavy (non-hydrogen) atoms. The molecule has 0 saturated carbocycles. The second kappa shape index (κ2) is 7.35. The van der Waals surface area contributed by atoms with Crippen LogP contribution in [-0.2, 0) is 15.1 Å². The van der Waals surface area contributed by atoms with Crippen molar-refractivity contribution in [2.45, 2.75) is 24.7 Å². The summed E-state index contributed by atoms with van der Waals surface area (Å²) in [5, 5.41) is 9.43. The Morgan fingerprint density at radius 3 is 2.10 bits per heavy atom. The third-order valence-corrected chi connectivity index (χ3v) is 5.53. The molecule has 4 rings (SSSR count). The molecule has 1 aliphatic carbocycles. The summed E-state index contributed by atoms with van der Waals surface area (Å²) in [7, 11) is 1.62. The summed E-state index contributed by atoms with van der Waals surface area (Å²) >= 11 is 0. The van der Waals surface area contributed by atoms with Crippen LogP contribution < -0.4 is 10.5 Å². The molecule has 0 unspecified atom stereocenters. The largest absolute Gasteiger partial charge is 0.497 e. The van der Waals surface area contributed by atoms with Gasteiger partial charge in [-0.05, 0) is 35.7 Å². The minimum atomic E-state index is -1.16. The summed E-state index contributed by atoms with van der Waals surface area (Å²) in [5.74, 6) is -0.402. The number of methoxy groups -OCH3 is 1. The lowest BCUT2D eigenvalue weighted by atomic mass is 9.83. The number of carbonyl (C=O) groups is 1. The van der Waals surface area contributed by atoms with Crippen LogP contribution in [0.2, 0.25) is 0 Å². The van der Waals surface area contributed by atoms with Crippen molar-refractivity contribution in [3.05, 3.63) is 89.5 Å². The molecule has 0 fully saturated rings. The lowest BCUT2D eigenvalue weighted by molar-refractivity contribution is -0.144. The fourth-order valence-corrected chi connectivity index (χ4v) is 4.10. The third-order valence-electron chi connectivity index (χ3n) is 5.53. The molecule has 0 bridgehead atoms. The van der Waals surface area contributed by atoms with Crippen LogP contribution in [0.5, 0.6) is 5.75 Å². The first-order chi connectivity index (χ1) is 14.0. The highest BCUT2D eigenvalue weighted by Crippen LogP contribution is 2.54. The molecule has 2 atom stereocenters. The number of hydrogen-bond donors (Lipinski definition) is 2. The van der Waals surface area contributed by atoms with Crippen LogP contribution in [0, 0.1) is 0 Å². The molecular formula is C24H23NO4. The zero-order valence-electron chi connectivity index (χ0n) is 16.3. The van der Waals surface area contributed by atoms with Gasteiger partial charge in [0.15, 0.2) is 0 Å². The van der Waals surface area contributed by atoms with Crippen molar-refractivity contribution in [3.63, 3.8) is 0 Å². The summed E-state index contributed by atoms with van der Waals surface area (Å²) in [4.78, 5) is 11.5. The van der Waals surface area contributed by atoms with Crippen molar-refractivity contribution in [2.24, 2.45) is 5.73 Å². The predicted molar refractivity (Wildman–Crippen MR) is 111 cm³/mol. The van der Waals surface area contributed by atoms with Gasteiger partial charge in [-0.2, -0.15) is 0 Å². The quantitative estimate of drug-likeness (QED) is 0.670. The summed E-state index contributed by atoms with van der Waals surface area (Å²) in [5.41, 5.74) is 9.82. The molecule has 0 saturated heterocycles. The van der Waals surface area contributed by atoms with Crippen LogP contribution in [0.4, 0.5) is 0 Å². The summed E-state index contributed by atoms with van der Waals surface area (Å²) in [6, 6.07) is 22.6. The number of aliphatic carboxylic acids is 1. The van der Waals surface area contributed by atoms with Crippen molar-refractivity contribution in [2.75, 3.05) is 7.11 Å². The molecule has 0 aromatic heterocycles. The van der Waals surface area contributed by atoms with E-state index in [4.69, 9.17) is 15.2 Å². The maximum absolute atomic E-state index is 11.5. The number of hydrogen-bond acceptors (Lipinski definition) is 4. The summed E-state index contributed by atoms with van der Waals surface area (Å²) < 4.78 is 12.1. The molecule has 3 aromatic carbocycles. The standard InChI is InChI=1S/C24H23NO4/c1-15(22(25)23(26)27)29-24(16-8-7-9-17(14-16)28-2)20-12-5-3-10-18(20)19-11-4-6-13-21(19)24/h3-15,22H,25H2,1-2H3,(H,26,27)/t15-,22+/m1/s1. The van der Waals surface area contributed by atoms with Gasteiger partial charge in [0.25, 0.3) is 0 Å². The van der Waals surface area contributed by atoms with Gasteiger partial charge in [0.05, 0.1) is 13.2 Å². The molecule has 3 N–H and O–H groups in total. The van der Waals surface area contributed by atoms with E-state index in [0.717, 1.165) is 27.8 Å². The molecule has 0 spiro atoms. The molecule has 148 valence electrons. The van der Waals surface area contributed by atoms with Gasteiger partial charge in [0.1, 0.15) is 17.4 Å². The van der Waals surface area contributed by atoms with Gasteiger partial charge in [-0.25, -0.2) is 0 Å². The van der Waals surface area contributed by atoms with Crippen molar-refractivity contribution in [3.8, 4) is 16.9 Å². The zero-order valence-corrected chi connectivity index (χ0v) is 16.3. The maximum atomic E-state index is 11.5. The van der Waals surface area contributed by atoms with Crippen LogP contribution in [0.15, 0.2) is 72.8 Å². The van der Waals surface area contributed by atoms with Crippen LogP contribution >= 0.6 is 0 Å². The molecule has 1 aliphatic rings. The monoisotopic (exact) mass is 389 g/mol. The van der Waals surface area contributed by atoms with Crippen molar-refractivity contribution < 1.29 is 19.4 Å². The van der Waals surface area contributed by atoms with E-state index in [-0.39, 0.29) is 0 Å². The van der Waals surface area contributed by atoms with E-state index in [9.17, 15) is 9.90 Å². The Hall–Kier alpha value is -3.15. The summed E-state index contributed by atoms with van der Waals surface area (Å²) in [6.45, 7) is 1.70. The Kier molecular flexibility index (Phi) is 4.86. The Bertz CT molecular complexity index is 1020. The number of fused-ring (bicyclic) bond motifs is 3. The number of rotatable bonds is 6. The average molecular weight is 389 g/mol. The SMILES string of the molecule is COc1cccc(C2(O[C@H](C)[C@H](N)C(=O)O)c3ccccc3-c3ccccc32)c1. The maximum Gasteiger partial charge on any atom is 0.323 e. The van der Waals surface area contributed by atoms with E-state index >= 15 is 0 Å². The van der Waals surface area contributed by atoms with Gasteiger partial charge in [-0.1, -0.05) is 60.7 Å². The highest BCUT2D eigenvalue weighted by atomic mass is 16.5. The van der Waals surface area contributed by atoms with Gasteiger partial charge >= 0.3 is 5.97 Å². The fourth-order valence-electron chi connectivity index (χ4n) is 4.10. The molecule has 5 heteroatoms. The Labute approximate surface area is 169 Å². The first kappa shape index (κ1) is 19.2. The van der Waals surface area contributed by atoms with E-state index in [0.29, 0.717) is 5.75 Å².